The number of nitrogens with zero attached hydrogens (tertiary/aromatic N) is 1. The summed E-state index contributed by atoms with van der Waals surface area (Å²) in [5.74, 6) is 1.36. The Morgan fingerprint density at radius 1 is 1.07 bits per heavy atom. The first-order valence-electron chi connectivity index (χ1n) is 9.21. The molecule has 2 heterocycles. The molecular weight excluding hydrogens is 344 g/mol. The number of carbonyl (C=O) groups excluding carboxylic acids is 1. The molecule has 0 spiro atoms. The second-order valence-corrected chi connectivity index (χ2v) is 7.28. The Morgan fingerprint density at radius 3 is 2.44 bits per heavy atom. The lowest BCUT2D eigenvalue weighted by Crippen LogP contribution is -2.46. The van der Waals surface area contributed by atoms with Gasteiger partial charge in [0.15, 0.2) is 11.5 Å². The SMILES string of the molecule is Cc1cccc(C)c1NC(=O)N1CCC(O)(c2ccc3c(c2)OCO3)CC1. The van der Waals surface area contributed by atoms with Gasteiger partial charge in [-0.2, -0.15) is 0 Å². The van der Waals surface area contributed by atoms with Gasteiger partial charge < -0.3 is 24.8 Å². The smallest absolute Gasteiger partial charge is 0.321 e. The standard InChI is InChI=1S/C21H24N2O4/c1-14-4-3-5-15(2)19(14)22-20(24)23-10-8-21(25,9-11-23)16-6-7-17-18(12-16)27-13-26-17/h3-7,12,25H,8-11,13H2,1-2H3,(H,22,24). The second kappa shape index (κ2) is 6.78. The Bertz CT molecular complexity index is 852. The molecule has 2 aromatic carbocycles. The van der Waals surface area contributed by atoms with Crippen molar-refractivity contribution >= 4 is 11.7 Å². The average Bonchev–Trinajstić information content (AvgIpc) is 3.13. The summed E-state index contributed by atoms with van der Waals surface area (Å²) in [7, 11) is 0. The van der Waals surface area contributed by atoms with E-state index in [1.165, 1.54) is 0 Å². The minimum atomic E-state index is -0.962. The number of amides is 2. The van der Waals surface area contributed by atoms with Crippen molar-refractivity contribution in [3.8, 4) is 11.5 Å². The number of fused-ring (bicyclic) bond motifs is 1. The fraction of sp³-hybridized carbons (Fsp3) is 0.381. The second-order valence-electron chi connectivity index (χ2n) is 7.28. The first kappa shape index (κ1) is 17.7. The van der Waals surface area contributed by atoms with Crippen LogP contribution in [0.2, 0.25) is 0 Å². The Labute approximate surface area is 158 Å². The topological polar surface area (TPSA) is 71.0 Å². The lowest BCUT2D eigenvalue weighted by atomic mass is 9.84. The van der Waals surface area contributed by atoms with Gasteiger partial charge in [0, 0.05) is 18.8 Å². The minimum absolute atomic E-state index is 0.125. The average molecular weight is 368 g/mol. The number of likely N-dealkylation sites (tertiary alicyclic amines) is 1. The number of carbonyl (C=O) groups is 1. The summed E-state index contributed by atoms with van der Waals surface area (Å²) >= 11 is 0. The monoisotopic (exact) mass is 368 g/mol. The predicted molar refractivity (Wildman–Crippen MR) is 102 cm³/mol. The summed E-state index contributed by atoms with van der Waals surface area (Å²) < 4.78 is 10.7. The third kappa shape index (κ3) is 3.32. The number of piperidine rings is 1. The highest BCUT2D eigenvalue weighted by Crippen LogP contribution is 2.39. The van der Waals surface area contributed by atoms with Crippen LogP contribution in [0.25, 0.3) is 0 Å². The van der Waals surface area contributed by atoms with Gasteiger partial charge in [-0.15, -0.1) is 0 Å². The highest BCUT2D eigenvalue weighted by Gasteiger charge is 2.36. The molecule has 4 rings (SSSR count). The first-order chi connectivity index (χ1) is 13.0. The van der Waals surface area contributed by atoms with Gasteiger partial charge in [0.25, 0.3) is 0 Å². The number of hydrogen-bond acceptors (Lipinski definition) is 4. The summed E-state index contributed by atoms with van der Waals surface area (Å²) in [6.45, 7) is 5.15. The van der Waals surface area contributed by atoms with Crippen LogP contribution in [0.5, 0.6) is 11.5 Å². The van der Waals surface area contributed by atoms with E-state index in [2.05, 4.69) is 5.32 Å². The highest BCUT2D eigenvalue weighted by atomic mass is 16.7. The number of aryl methyl sites for hydroxylation is 2. The van der Waals surface area contributed by atoms with Gasteiger partial charge in [0.1, 0.15) is 0 Å². The number of urea groups is 1. The summed E-state index contributed by atoms with van der Waals surface area (Å²) in [5, 5.41) is 14.1. The van der Waals surface area contributed by atoms with Crippen molar-refractivity contribution < 1.29 is 19.4 Å². The van der Waals surface area contributed by atoms with E-state index in [1.54, 1.807) is 4.90 Å². The van der Waals surface area contributed by atoms with Crippen LogP contribution in [0.4, 0.5) is 10.5 Å². The number of nitrogens with one attached hydrogen (secondary N) is 1. The van der Waals surface area contributed by atoms with Crippen LogP contribution in [-0.4, -0.2) is 35.9 Å². The zero-order chi connectivity index (χ0) is 19.0. The Kier molecular flexibility index (Phi) is 4.44. The molecule has 142 valence electrons. The van der Waals surface area contributed by atoms with Gasteiger partial charge in [0.05, 0.1) is 5.60 Å². The fourth-order valence-corrected chi connectivity index (χ4v) is 3.75. The van der Waals surface area contributed by atoms with E-state index in [-0.39, 0.29) is 12.8 Å². The molecule has 1 fully saturated rings. The molecule has 6 heteroatoms. The molecular formula is C21H24N2O4. The maximum Gasteiger partial charge on any atom is 0.321 e. The number of anilines is 1. The molecule has 0 radical (unpaired) electrons. The Hall–Kier alpha value is -2.73. The maximum absolute atomic E-state index is 12.7. The van der Waals surface area contributed by atoms with Gasteiger partial charge in [-0.25, -0.2) is 4.79 Å². The number of para-hydroxylation sites is 1. The molecule has 0 aromatic heterocycles. The van der Waals surface area contributed by atoms with Crippen molar-refractivity contribution in [2.75, 3.05) is 25.2 Å². The van der Waals surface area contributed by atoms with Crippen LogP contribution in [0, 0.1) is 13.8 Å². The van der Waals surface area contributed by atoms with Crippen molar-refractivity contribution in [2.24, 2.45) is 0 Å². The molecule has 0 bridgehead atoms. The van der Waals surface area contributed by atoms with Crippen molar-refractivity contribution in [1.82, 2.24) is 4.90 Å². The van der Waals surface area contributed by atoms with E-state index in [4.69, 9.17) is 9.47 Å². The molecule has 2 aliphatic heterocycles. The molecule has 2 aliphatic rings. The molecule has 0 aliphatic carbocycles. The molecule has 2 amide bonds. The number of aliphatic hydroxyl groups is 1. The fourth-order valence-electron chi connectivity index (χ4n) is 3.75. The highest BCUT2D eigenvalue weighted by molar-refractivity contribution is 5.91. The van der Waals surface area contributed by atoms with Crippen molar-refractivity contribution in [1.29, 1.82) is 0 Å². The quantitative estimate of drug-likeness (QED) is 0.850. The van der Waals surface area contributed by atoms with E-state index < -0.39 is 5.60 Å². The lowest BCUT2D eigenvalue weighted by Gasteiger charge is -2.38. The molecule has 0 saturated carbocycles. The molecule has 2 N–H and O–H groups in total. The molecule has 2 aromatic rings. The van der Waals surface area contributed by atoms with E-state index in [0.717, 1.165) is 22.4 Å². The molecule has 6 nitrogen and oxygen atoms in total. The first-order valence-corrected chi connectivity index (χ1v) is 9.21. The van der Waals surface area contributed by atoms with Gasteiger partial charge in [0.2, 0.25) is 6.79 Å². The van der Waals surface area contributed by atoms with Crippen molar-refractivity contribution in [2.45, 2.75) is 32.3 Å². The third-order valence-corrected chi connectivity index (χ3v) is 5.50. The van der Waals surface area contributed by atoms with Crippen molar-refractivity contribution in [3.63, 3.8) is 0 Å². The molecule has 1 saturated heterocycles. The Balaban J connectivity index is 1.43. The van der Waals surface area contributed by atoms with Crippen LogP contribution < -0.4 is 14.8 Å². The number of hydrogen-bond donors (Lipinski definition) is 2. The molecule has 27 heavy (non-hydrogen) atoms. The maximum atomic E-state index is 12.7. The largest absolute Gasteiger partial charge is 0.454 e. The Morgan fingerprint density at radius 2 is 1.74 bits per heavy atom. The summed E-state index contributed by atoms with van der Waals surface area (Å²) in [4.78, 5) is 14.4. The molecule has 0 unspecified atom stereocenters. The van der Waals surface area contributed by atoms with Crippen LogP contribution in [0.3, 0.4) is 0 Å². The van der Waals surface area contributed by atoms with E-state index >= 15 is 0 Å². The van der Waals surface area contributed by atoms with Crippen LogP contribution in [0.15, 0.2) is 36.4 Å². The van der Waals surface area contributed by atoms with Gasteiger partial charge in [-0.05, 0) is 55.5 Å². The van der Waals surface area contributed by atoms with Gasteiger partial charge >= 0.3 is 6.03 Å². The van der Waals surface area contributed by atoms with Crippen LogP contribution >= 0.6 is 0 Å². The normalized spacial score (nSPS) is 17.7. The lowest BCUT2D eigenvalue weighted by molar-refractivity contribution is -0.0158. The van der Waals surface area contributed by atoms with Gasteiger partial charge in [-0.1, -0.05) is 24.3 Å². The third-order valence-electron chi connectivity index (χ3n) is 5.50. The number of ether oxygens (including phenoxy) is 2. The minimum Gasteiger partial charge on any atom is -0.454 e. The zero-order valence-electron chi connectivity index (χ0n) is 15.6. The zero-order valence-corrected chi connectivity index (χ0v) is 15.6. The molecule has 0 atom stereocenters. The number of benzene rings is 2. The van der Waals surface area contributed by atoms with Crippen LogP contribution in [-0.2, 0) is 5.60 Å². The van der Waals surface area contributed by atoms with E-state index in [9.17, 15) is 9.90 Å². The number of rotatable bonds is 2. The van der Waals surface area contributed by atoms with Gasteiger partial charge in [-0.3, -0.25) is 0 Å². The summed E-state index contributed by atoms with van der Waals surface area (Å²) in [6, 6.07) is 11.4. The van der Waals surface area contributed by atoms with E-state index in [0.29, 0.717) is 37.4 Å². The summed E-state index contributed by atoms with van der Waals surface area (Å²) in [6.07, 6.45) is 0.958. The van der Waals surface area contributed by atoms with Crippen molar-refractivity contribution in [3.05, 3.63) is 53.1 Å². The predicted octanol–water partition coefficient (Wildman–Crippen LogP) is 3.55. The van der Waals surface area contributed by atoms with Crippen LogP contribution in [0.1, 0.15) is 29.5 Å². The van der Waals surface area contributed by atoms with E-state index in [1.807, 2.05) is 50.2 Å². The summed E-state index contributed by atoms with van der Waals surface area (Å²) in [5.41, 5.74) is 2.78.